The van der Waals surface area contributed by atoms with Crippen LogP contribution in [0.15, 0.2) is 113 Å². The molecular weight excluding hydrogens is 530 g/mol. The van der Waals surface area contributed by atoms with Crippen LogP contribution in [0.3, 0.4) is 0 Å². The molecule has 2 N–H and O–H groups in total. The summed E-state index contributed by atoms with van der Waals surface area (Å²) in [5, 5.41) is 9.65. The van der Waals surface area contributed by atoms with Crippen LogP contribution in [-0.2, 0) is 17.6 Å². The van der Waals surface area contributed by atoms with E-state index in [-0.39, 0.29) is 23.8 Å². The van der Waals surface area contributed by atoms with E-state index in [4.69, 9.17) is 5.10 Å². The molecule has 0 unspecified atom stereocenters. The molecule has 6 rings (SSSR count). The molecular formula is C33H27N5O2S. The van der Waals surface area contributed by atoms with Crippen molar-refractivity contribution in [2.75, 3.05) is 5.32 Å². The van der Waals surface area contributed by atoms with Crippen LogP contribution in [0.1, 0.15) is 22.4 Å². The number of amides is 1. The molecule has 0 aliphatic rings. The summed E-state index contributed by atoms with van der Waals surface area (Å²) in [5.74, 6) is 0.475. The van der Waals surface area contributed by atoms with Crippen molar-refractivity contribution < 1.29 is 4.79 Å². The highest BCUT2D eigenvalue weighted by molar-refractivity contribution is 7.13. The van der Waals surface area contributed by atoms with Crippen LogP contribution in [0.25, 0.3) is 27.6 Å². The first-order valence-corrected chi connectivity index (χ1v) is 14.1. The number of rotatable bonds is 8. The standard InChI is InChI=1S/C33H27N5O2S/c1-22-27(19-23-9-4-2-5-10-23)32(40)36-33(34-22)38-30(21-28(37-38)29-13-8-18-41-29)35-31(39)20-24-14-16-26(17-15-24)25-11-6-3-7-12-25/h2-18,21H,19-20H2,1H3,(H,35,39)(H,34,36,40). The third kappa shape index (κ3) is 5.92. The lowest BCUT2D eigenvalue weighted by atomic mass is 10.0. The number of benzene rings is 3. The summed E-state index contributed by atoms with van der Waals surface area (Å²) < 4.78 is 1.49. The number of carbonyl (C=O) groups is 1. The molecule has 0 saturated heterocycles. The van der Waals surface area contributed by atoms with Gasteiger partial charge in [-0.3, -0.25) is 14.6 Å². The van der Waals surface area contributed by atoms with Gasteiger partial charge >= 0.3 is 0 Å². The monoisotopic (exact) mass is 557 g/mol. The van der Waals surface area contributed by atoms with Crippen molar-refractivity contribution in [1.29, 1.82) is 0 Å². The quantitative estimate of drug-likeness (QED) is 0.226. The summed E-state index contributed by atoms with van der Waals surface area (Å²) in [6.45, 7) is 1.82. The molecule has 3 heterocycles. The number of nitrogens with one attached hydrogen (secondary N) is 2. The predicted octanol–water partition coefficient (Wildman–Crippen LogP) is 6.43. The Hall–Kier alpha value is -5.08. The first-order chi connectivity index (χ1) is 20.0. The molecule has 8 heteroatoms. The maximum Gasteiger partial charge on any atom is 0.256 e. The second-order valence-corrected chi connectivity index (χ2v) is 10.7. The lowest BCUT2D eigenvalue weighted by Gasteiger charge is -2.11. The maximum atomic E-state index is 13.2. The van der Waals surface area contributed by atoms with Crippen LogP contribution in [0, 0.1) is 6.92 Å². The fraction of sp³-hybridized carbons (Fsp3) is 0.0909. The van der Waals surface area contributed by atoms with E-state index in [1.54, 1.807) is 17.4 Å². The van der Waals surface area contributed by atoms with E-state index in [9.17, 15) is 9.59 Å². The number of aryl methyl sites for hydroxylation is 1. The summed E-state index contributed by atoms with van der Waals surface area (Å²) >= 11 is 1.54. The van der Waals surface area contributed by atoms with Crippen LogP contribution in [0.5, 0.6) is 0 Å². The average Bonchev–Trinajstić information content (AvgIpc) is 3.67. The lowest BCUT2D eigenvalue weighted by molar-refractivity contribution is -0.115. The molecule has 3 aromatic heterocycles. The average molecular weight is 558 g/mol. The van der Waals surface area contributed by atoms with E-state index in [0.717, 1.165) is 27.1 Å². The molecule has 0 saturated carbocycles. The van der Waals surface area contributed by atoms with Gasteiger partial charge in [-0.25, -0.2) is 4.98 Å². The molecule has 0 spiro atoms. The fourth-order valence-electron chi connectivity index (χ4n) is 4.70. The van der Waals surface area contributed by atoms with Gasteiger partial charge in [0.25, 0.3) is 5.56 Å². The highest BCUT2D eigenvalue weighted by atomic mass is 32.1. The second-order valence-electron chi connectivity index (χ2n) is 9.71. The van der Waals surface area contributed by atoms with E-state index >= 15 is 0 Å². The van der Waals surface area contributed by atoms with E-state index in [1.165, 1.54) is 4.68 Å². The first kappa shape index (κ1) is 26.2. The third-order valence-corrected chi connectivity index (χ3v) is 7.70. The van der Waals surface area contributed by atoms with Crippen molar-refractivity contribution in [2.45, 2.75) is 19.8 Å². The van der Waals surface area contributed by atoms with Gasteiger partial charge in [-0.05, 0) is 40.6 Å². The van der Waals surface area contributed by atoms with Gasteiger partial charge < -0.3 is 5.32 Å². The number of carbonyl (C=O) groups excluding carboxylic acids is 1. The Bertz CT molecular complexity index is 1840. The number of aromatic amines is 1. The SMILES string of the molecule is Cc1nc(-n2nc(-c3cccs3)cc2NC(=O)Cc2ccc(-c3ccccc3)cc2)[nH]c(=O)c1Cc1ccccc1. The Labute approximate surface area is 241 Å². The highest BCUT2D eigenvalue weighted by Gasteiger charge is 2.18. The number of anilines is 1. The normalized spacial score (nSPS) is 11.0. The zero-order chi connectivity index (χ0) is 28.2. The zero-order valence-electron chi connectivity index (χ0n) is 22.4. The lowest BCUT2D eigenvalue weighted by Crippen LogP contribution is -2.22. The zero-order valence-corrected chi connectivity index (χ0v) is 23.2. The first-order valence-electron chi connectivity index (χ1n) is 13.3. The van der Waals surface area contributed by atoms with Crippen molar-refractivity contribution in [3.8, 4) is 27.6 Å². The number of nitrogens with zero attached hydrogens (tertiary/aromatic N) is 3. The van der Waals surface area contributed by atoms with Crippen LogP contribution in [-0.4, -0.2) is 25.7 Å². The molecule has 41 heavy (non-hydrogen) atoms. The van der Waals surface area contributed by atoms with Crippen LogP contribution < -0.4 is 10.9 Å². The smallest absolute Gasteiger partial charge is 0.256 e. The molecule has 3 aromatic carbocycles. The minimum atomic E-state index is -0.236. The molecule has 6 aromatic rings. The van der Waals surface area contributed by atoms with Crippen molar-refractivity contribution in [3.63, 3.8) is 0 Å². The van der Waals surface area contributed by atoms with Gasteiger partial charge in [-0.2, -0.15) is 9.78 Å². The van der Waals surface area contributed by atoms with Gasteiger partial charge in [0.1, 0.15) is 11.5 Å². The number of thiophene rings is 1. The Kier molecular flexibility index (Phi) is 7.38. The molecule has 0 radical (unpaired) electrons. The van der Waals surface area contributed by atoms with Crippen molar-refractivity contribution >= 4 is 23.1 Å². The predicted molar refractivity (Wildman–Crippen MR) is 163 cm³/mol. The second kappa shape index (κ2) is 11.6. The van der Waals surface area contributed by atoms with Crippen molar-refractivity contribution in [1.82, 2.24) is 19.7 Å². The summed E-state index contributed by atoms with van der Waals surface area (Å²) in [6, 6.07) is 33.6. The largest absolute Gasteiger partial charge is 0.310 e. The number of aromatic nitrogens is 4. The fourth-order valence-corrected chi connectivity index (χ4v) is 5.38. The van der Waals surface area contributed by atoms with Crippen LogP contribution in [0.2, 0.25) is 0 Å². The van der Waals surface area contributed by atoms with Gasteiger partial charge in [-0.15, -0.1) is 11.3 Å². The Morgan fingerprint density at radius 2 is 1.59 bits per heavy atom. The Balaban J connectivity index is 1.27. The summed E-state index contributed by atoms with van der Waals surface area (Å²) in [5.41, 5.74) is 5.77. The third-order valence-electron chi connectivity index (χ3n) is 6.81. The van der Waals surface area contributed by atoms with E-state index in [2.05, 4.69) is 27.4 Å². The minimum absolute atomic E-state index is 0.188. The molecule has 0 fully saturated rings. The number of hydrogen-bond donors (Lipinski definition) is 2. The molecule has 0 atom stereocenters. The molecule has 7 nitrogen and oxygen atoms in total. The van der Waals surface area contributed by atoms with Crippen molar-refractivity contribution in [3.05, 3.63) is 141 Å². The van der Waals surface area contributed by atoms with Gasteiger partial charge in [0.05, 0.1) is 17.0 Å². The summed E-state index contributed by atoms with van der Waals surface area (Å²) in [6.07, 6.45) is 0.662. The van der Waals surface area contributed by atoms with Crippen molar-refractivity contribution in [2.24, 2.45) is 0 Å². The van der Waals surface area contributed by atoms with Gasteiger partial charge in [0.15, 0.2) is 0 Å². The Morgan fingerprint density at radius 1 is 0.878 bits per heavy atom. The summed E-state index contributed by atoms with van der Waals surface area (Å²) in [7, 11) is 0. The molecule has 0 bridgehead atoms. The van der Waals surface area contributed by atoms with Gasteiger partial charge in [-0.1, -0.05) is 91.0 Å². The van der Waals surface area contributed by atoms with Gasteiger partial charge in [0, 0.05) is 18.1 Å². The van der Waals surface area contributed by atoms with E-state index < -0.39 is 0 Å². The maximum absolute atomic E-state index is 13.2. The van der Waals surface area contributed by atoms with E-state index in [0.29, 0.717) is 29.2 Å². The van der Waals surface area contributed by atoms with Crippen LogP contribution >= 0.6 is 11.3 Å². The number of H-pyrrole nitrogens is 1. The topological polar surface area (TPSA) is 92.7 Å². The highest BCUT2D eigenvalue weighted by Crippen LogP contribution is 2.28. The Morgan fingerprint density at radius 3 is 2.27 bits per heavy atom. The summed E-state index contributed by atoms with van der Waals surface area (Å²) in [4.78, 5) is 34.8. The van der Waals surface area contributed by atoms with Gasteiger partial charge in [0.2, 0.25) is 11.9 Å². The molecule has 0 aliphatic heterocycles. The minimum Gasteiger partial charge on any atom is -0.310 e. The number of hydrogen-bond acceptors (Lipinski definition) is 5. The molecule has 1 amide bonds. The molecule has 202 valence electrons. The van der Waals surface area contributed by atoms with Crippen LogP contribution in [0.4, 0.5) is 5.82 Å². The van der Waals surface area contributed by atoms with E-state index in [1.807, 2.05) is 97.2 Å². The molecule has 0 aliphatic carbocycles.